The number of amides is 1. The van der Waals surface area contributed by atoms with Crippen molar-refractivity contribution >= 4 is 28.6 Å². The fourth-order valence-corrected chi connectivity index (χ4v) is 4.96. The summed E-state index contributed by atoms with van der Waals surface area (Å²) in [5.41, 5.74) is 8.85. The Morgan fingerprint density at radius 3 is 2.73 bits per heavy atom. The predicted octanol–water partition coefficient (Wildman–Crippen LogP) is 2.78. The first kappa shape index (κ1) is 19.7. The van der Waals surface area contributed by atoms with E-state index in [0.29, 0.717) is 34.4 Å². The molecule has 3 aromatic heterocycles. The molecule has 4 heterocycles. The summed E-state index contributed by atoms with van der Waals surface area (Å²) in [5, 5.41) is 11.8. The maximum absolute atomic E-state index is 13.4. The van der Waals surface area contributed by atoms with Crippen LogP contribution >= 0.6 is 0 Å². The molecule has 10 heteroatoms. The number of pyridine rings is 1. The minimum atomic E-state index is -0.469. The lowest BCUT2D eigenvalue weighted by Crippen LogP contribution is -2.35. The standard InChI is InChI=1S/C23H21FN8O/c24-15-5-6-26-18(9-15)30-23(33)14-3-1-13(2-4-14)20-19-21(25)28-11-29-22(19)32(31-20)17-8-12-7-16(17)27-10-12/h1-6,9,11-12,16-17,27H,7-8,10H2,(H2,25,28,29)(H,26,30,33). The predicted molar refractivity (Wildman–Crippen MR) is 121 cm³/mol. The number of rotatable bonds is 4. The second kappa shape index (κ2) is 7.59. The van der Waals surface area contributed by atoms with E-state index in [9.17, 15) is 9.18 Å². The summed E-state index contributed by atoms with van der Waals surface area (Å²) in [6.45, 7) is 1.05. The topological polar surface area (TPSA) is 124 Å². The normalized spacial score (nSPS) is 21.5. The van der Waals surface area contributed by atoms with Crippen LogP contribution in [-0.4, -0.2) is 43.2 Å². The van der Waals surface area contributed by atoms with Gasteiger partial charge in [-0.1, -0.05) is 12.1 Å². The van der Waals surface area contributed by atoms with Crippen LogP contribution in [0.4, 0.5) is 16.0 Å². The van der Waals surface area contributed by atoms with Crippen LogP contribution in [0, 0.1) is 11.7 Å². The highest BCUT2D eigenvalue weighted by Gasteiger charge is 2.42. The van der Waals surface area contributed by atoms with E-state index in [0.717, 1.165) is 30.6 Å². The molecule has 4 N–H and O–H groups in total. The third kappa shape index (κ3) is 3.39. The van der Waals surface area contributed by atoms with E-state index in [1.165, 1.54) is 24.7 Å². The number of nitrogens with two attached hydrogens (primary N) is 1. The van der Waals surface area contributed by atoms with Crippen molar-refractivity contribution in [3.05, 3.63) is 60.3 Å². The Hall–Kier alpha value is -3.92. The van der Waals surface area contributed by atoms with Gasteiger partial charge in [0.05, 0.1) is 11.4 Å². The van der Waals surface area contributed by atoms with Crippen molar-refractivity contribution in [2.24, 2.45) is 5.92 Å². The van der Waals surface area contributed by atoms with Crippen LogP contribution in [0.3, 0.4) is 0 Å². The molecule has 0 spiro atoms. The van der Waals surface area contributed by atoms with Crippen molar-refractivity contribution in [3.63, 3.8) is 0 Å². The van der Waals surface area contributed by atoms with Crippen LogP contribution < -0.4 is 16.4 Å². The molecule has 1 saturated carbocycles. The van der Waals surface area contributed by atoms with E-state index in [1.54, 1.807) is 12.1 Å². The molecule has 3 unspecified atom stereocenters. The van der Waals surface area contributed by atoms with Gasteiger partial charge in [0.25, 0.3) is 5.91 Å². The molecule has 1 saturated heterocycles. The van der Waals surface area contributed by atoms with E-state index in [2.05, 4.69) is 25.6 Å². The van der Waals surface area contributed by atoms with Crippen molar-refractivity contribution in [2.45, 2.75) is 24.9 Å². The minimum absolute atomic E-state index is 0.151. The minimum Gasteiger partial charge on any atom is -0.383 e. The SMILES string of the molecule is Nc1ncnc2c1c(-c1ccc(C(=O)Nc3cc(F)ccn3)cc1)nn2C1CC2CNC1C2. The summed E-state index contributed by atoms with van der Waals surface area (Å²) in [4.78, 5) is 25.2. The van der Waals surface area contributed by atoms with E-state index in [4.69, 9.17) is 10.8 Å². The van der Waals surface area contributed by atoms with Crippen LogP contribution in [0.1, 0.15) is 29.2 Å². The number of nitrogens with zero attached hydrogens (tertiary/aromatic N) is 5. The highest BCUT2D eigenvalue weighted by atomic mass is 19.1. The Labute approximate surface area is 188 Å². The summed E-state index contributed by atoms with van der Waals surface area (Å²) < 4.78 is 15.3. The molecule has 3 atom stereocenters. The van der Waals surface area contributed by atoms with Gasteiger partial charge in [-0.3, -0.25) is 4.79 Å². The lowest BCUT2D eigenvalue weighted by Gasteiger charge is -2.23. The molecule has 9 nitrogen and oxygen atoms in total. The zero-order chi connectivity index (χ0) is 22.5. The molecule has 1 amide bonds. The second-order valence-corrected chi connectivity index (χ2v) is 8.56. The highest BCUT2D eigenvalue weighted by molar-refractivity contribution is 6.04. The Kier molecular flexibility index (Phi) is 4.54. The molecule has 6 rings (SSSR count). The summed E-state index contributed by atoms with van der Waals surface area (Å²) in [5.74, 6) is 0.330. The number of fused-ring (bicyclic) bond motifs is 3. The zero-order valence-corrected chi connectivity index (χ0v) is 17.6. The maximum Gasteiger partial charge on any atom is 0.256 e. The zero-order valence-electron chi connectivity index (χ0n) is 17.6. The molecule has 2 fully saturated rings. The third-order valence-electron chi connectivity index (χ3n) is 6.51. The molecule has 1 aromatic carbocycles. The lowest BCUT2D eigenvalue weighted by molar-refractivity contribution is 0.102. The number of benzene rings is 1. The van der Waals surface area contributed by atoms with Gasteiger partial charge >= 0.3 is 0 Å². The Balaban J connectivity index is 1.33. The number of halogens is 1. The first-order chi connectivity index (χ1) is 16.1. The van der Waals surface area contributed by atoms with Crippen molar-refractivity contribution in [1.82, 2.24) is 30.0 Å². The van der Waals surface area contributed by atoms with Gasteiger partial charge in [0.2, 0.25) is 0 Å². The Morgan fingerprint density at radius 2 is 2.00 bits per heavy atom. The van der Waals surface area contributed by atoms with Crippen molar-refractivity contribution in [2.75, 3.05) is 17.6 Å². The number of hydrogen-bond donors (Lipinski definition) is 3. The van der Waals surface area contributed by atoms with Gasteiger partial charge in [-0.15, -0.1) is 0 Å². The molecule has 2 bridgehead atoms. The fourth-order valence-electron chi connectivity index (χ4n) is 4.96. The summed E-state index contributed by atoms with van der Waals surface area (Å²) >= 11 is 0. The maximum atomic E-state index is 13.4. The molecule has 4 aromatic rings. The van der Waals surface area contributed by atoms with Gasteiger partial charge in [-0.25, -0.2) is 24.0 Å². The first-order valence-corrected chi connectivity index (χ1v) is 10.8. The number of hydrogen-bond acceptors (Lipinski definition) is 7. The number of carbonyl (C=O) groups is 1. The second-order valence-electron chi connectivity index (χ2n) is 8.56. The summed E-state index contributed by atoms with van der Waals surface area (Å²) in [6.07, 6.45) is 4.97. The number of piperidine rings is 1. The van der Waals surface area contributed by atoms with Crippen LogP contribution in [0.2, 0.25) is 0 Å². The van der Waals surface area contributed by atoms with Gasteiger partial charge in [-0.05, 0) is 43.5 Å². The highest BCUT2D eigenvalue weighted by Crippen LogP contribution is 2.41. The van der Waals surface area contributed by atoms with Crippen molar-refractivity contribution in [3.8, 4) is 11.3 Å². The molecule has 1 aliphatic carbocycles. The van der Waals surface area contributed by atoms with Crippen LogP contribution in [0.15, 0.2) is 48.9 Å². The van der Waals surface area contributed by atoms with Crippen LogP contribution in [0.5, 0.6) is 0 Å². The third-order valence-corrected chi connectivity index (χ3v) is 6.51. The largest absolute Gasteiger partial charge is 0.383 e. The van der Waals surface area contributed by atoms with Crippen molar-refractivity contribution in [1.29, 1.82) is 0 Å². The Bertz CT molecular complexity index is 1370. The molecule has 166 valence electrons. The number of anilines is 2. The van der Waals surface area contributed by atoms with E-state index < -0.39 is 5.82 Å². The molecule has 33 heavy (non-hydrogen) atoms. The van der Waals surface area contributed by atoms with E-state index >= 15 is 0 Å². The summed E-state index contributed by atoms with van der Waals surface area (Å²) in [7, 11) is 0. The van der Waals surface area contributed by atoms with Crippen LogP contribution in [-0.2, 0) is 0 Å². The fraction of sp³-hybridized carbons (Fsp3) is 0.261. The van der Waals surface area contributed by atoms with Crippen molar-refractivity contribution < 1.29 is 9.18 Å². The first-order valence-electron chi connectivity index (χ1n) is 10.8. The number of aromatic nitrogens is 5. The molecular formula is C23H21FN8O. The average Bonchev–Trinajstić information content (AvgIpc) is 3.54. The smallest absolute Gasteiger partial charge is 0.256 e. The summed E-state index contributed by atoms with van der Waals surface area (Å²) in [6, 6.07) is 9.98. The van der Waals surface area contributed by atoms with Gasteiger partial charge in [0, 0.05) is 29.4 Å². The molecule has 2 aliphatic rings. The van der Waals surface area contributed by atoms with Gasteiger partial charge < -0.3 is 16.4 Å². The quantitative estimate of drug-likeness (QED) is 0.442. The average molecular weight is 444 g/mol. The monoisotopic (exact) mass is 444 g/mol. The van der Waals surface area contributed by atoms with Gasteiger partial charge in [0.1, 0.15) is 29.5 Å². The van der Waals surface area contributed by atoms with Crippen LogP contribution in [0.25, 0.3) is 22.3 Å². The van der Waals surface area contributed by atoms with Gasteiger partial charge in [-0.2, -0.15) is 5.10 Å². The van der Waals surface area contributed by atoms with Gasteiger partial charge in [0.15, 0.2) is 5.65 Å². The molecule has 0 radical (unpaired) electrons. The number of nitrogen functional groups attached to an aromatic ring is 1. The number of carbonyl (C=O) groups excluding carboxylic acids is 1. The van der Waals surface area contributed by atoms with E-state index in [1.807, 2.05) is 16.8 Å². The van der Waals surface area contributed by atoms with E-state index in [-0.39, 0.29) is 17.8 Å². The molecule has 1 aliphatic heterocycles. The number of nitrogens with one attached hydrogen (secondary N) is 2. The molecular weight excluding hydrogens is 423 g/mol. The lowest BCUT2D eigenvalue weighted by atomic mass is 10.1. The Morgan fingerprint density at radius 1 is 1.15 bits per heavy atom.